The van der Waals surface area contributed by atoms with Crippen LogP contribution >= 0.6 is 0 Å². The second-order valence-corrected chi connectivity index (χ2v) is 7.47. The van der Waals surface area contributed by atoms with Crippen LogP contribution in [0.4, 0.5) is 4.79 Å². The number of amides is 1. The van der Waals surface area contributed by atoms with Gasteiger partial charge in [0.05, 0.1) is 25.4 Å². The largest absolute Gasteiger partial charge is 0.513 e. The molecule has 0 radical (unpaired) electrons. The number of carboxylic acid groups (broad SMARTS) is 1. The van der Waals surface area contributed by atoms with Crippen LogP contribution in [0.5, 0.6) is 0 Å². The third-order valence-electron chi connectivity index (χ3n) is 3.63. The molecular formula is C11H22NO5S+. The topological polar surface area (TPSA) is 80.7 Å². The van der Waals surface area contributed by atoms with Gasteiger partial charge in [-0.15, -0.1) is 0 Å². The zero-order valence-electron chi connectivity index (χ0n) is 11.3. The molecule has 1 N–H and O–H groups in total. The average Bonchev–Trinajstić information content (AvgIpc) is 2.13. The first-order valence-corrected chi connectivity index (χ1v) is 7.78. The van der Waals surface area contributed by atoms with E-state index in [1.807, 2.05) is 20.8 Å². The molecule has 0 spiro atoms. The van der Waals surface area contributed by atoms with Gasteiger partial charge >= 0.3 is 6.09 Å². The molecule has 0 bridgehead atoms. The van der Waals surface area contributed by atoms with Crippen molar-refractivity contribution in [2.24, 2.45) is 0 Å². The van der Waals surface area contributed by atoms with E-state index in [9.17, 15) is 18.3 Å². The summed E-state index contributed by atoms with van der Waals surface area (Å²) in [4.78, 5) is 11.5. The normalized spacial score (nSPS) is 30.1. The third-order valence-corrected chi connectivity index (χ3v) is 4.25. The number of hydrogen-bond donors (Lipinski definition) is 1. The first-order chi connectivity index (χ1) is 7.98. The molecule has 1 aliphatic heterocycles. The van der Waals surface area contributed by atoms with Crippen LogP contribution in [0.1, 0.15) is 33.6 Å². The minimum atomic E-state index is -3.47. The van der Waals surface area contributed by atoms with E-state index in [1.54, 1.807) is 0 Å². The van der Waals surface area contributed by atoms with Crippen LogP contribution in [0, 0.1) is 0 Å². The van der Waals surface area contributed by atoms with Crippen LogP contribution < -0.4 is 0 Å². The molecule has 0 saturated carbocycles. The van der Waals surface area contributed by atoms with Crippen molar-refractivity contribution < 1.29 is 27.0 Å². The van der Waals surface area contributed by atoms with E-state index in [0.29, 0.717) is 25.9 Å². The maximum atomic E-state index is 11.5. The van der Waals surface area contributed by atoms with Crippen LogP contribution in [0.15, 0.2) is 0 Å². The Hall–Kier alpha value is -0.660. The Labute approximate surface area is 108 Å². The molecule has 1 amide bonds. The quantitative estimate of drug-likeness (QED) is 0.611. The zero-order chi connectivity index (χ0) is 14.2. The molecule has 0 unspecified atom stereocenters. The molecule has 106 valence electrons. The van der Waals surface area contributed by atoms with Gasteiger partial charge in [-0.3, -0.25) is 4.18 Å². The van der Waals surface area contributed by atoms with Gasteiger partial charge in [0.15, 0.2) is 0 Å². The van der Waals surface area contributed by atoms with Crippen molar-refractivity contribution in [2.75, 3.05) is 19.3 Å². The van der Waals surface area contributed by atoms with Crippen molar-refractivity contribution in [2.45, 2.75) is 45.3 Å². The van der Waals surface area contributed by atoms with Gasteiger partial charge in [-0.05, 0) is 20.8 Å². The second kappa shape index (κ2) is 4.79. The summed E-state index contributed by atoms with van der Waals surface area (Å²) >= 11 is 0. The molecular weight excluding hydrogens is 258 g/mol. The molecule has 1 rings (SSSR count). The highest BCUT2D eigenvalue weighted by molar-refractivity contribution is 7.86. The van der Waals surface area contributed by atoms with E-state index in [4.69, 9.17) is 4.18 Å². The Morgan fingerprint density at radius 3 is 2.00 bits per heavy atom. The van der Waals surface area contributed by atoms with Crippen molar-refractivity contribution in [3.8, 4) is 0 Å². The minimum Gasteiger partial charge on any atom is -0.435 e. The molecule has 0 atom stereocenters. The summed E-state index contributed by atoms with van der Waals surface area (Å²) in [6, 6.07) is 0. The third kappa shape index (κ3) is 3.21. The average molecular weight is 280 g/mol. The maximum Gasteiger partial charge on any atom is 0.513 e. The monoisotopic (exact) mass is 280 g/mol. The van der Waals surface area contributed by atoms with E-state index in [1.165, 1.54) is 0 Å². The highest BCUT2D eigenvalue weighted by Crippen LogP contribution is 2.32. The van der Waals surface area contributed by atoms with Crippen molar-refractivity contribution in [3.05, 3.63) is 0 Å². The smallest absolute Gasteiger partial charge is 0.435 e. The minimum absolute atomic E-state index is 0.0450. The van der Waals surface area contributed by atoms with E-state index in [2.05, 4.69) is 0 Å². The lowest BCUT2D eigenvalue weighted by atomic mass is 9.95. The molecule has 1 heterocycles. The summed E-state index contributed by atoms with van der Waals surface area (Å²) in [6.45, 7) is 6.44. The fourth-order valence-electron chi connectivity index (χ4n) is 2.48. The van der Waals surface area contributed by atoms with E-state index in [0.717, 1.165) is 6.26 Å². The lowest BCUT2D eigenvalue weighted by Gasteiger charge is -2.47. The first-order valence-electron chi connectivity index (χ1n) is 5.97. The predicted octanol–water partition coefficient (Wildman–Crippen LogP) is 1.42. The van der Waals surface area contributed by atoms with Crippen LogP contribution in [0.2, 0.25) is 0 Å². The van der Waals surface area contributed by atoms with Crippen molar-refractivity contribution in [3.63, 3.8) is 0 Å². The maximum absolute atomic E-state index is 11.5. The summed E-state index contributed by atoms with van der Waals surface area (Å²) in [6.07, 6.45) is 0.644. The SMILES string of the molecule is CC(C)(C)[N+]1(C(=O)O)CCC(OS(C)(=O)=O)CC1. The van der Waals surface area contributed by atoms with Gasteiger partial charge in [-0.2, -0.15) is 13.2 Å². The fraction of sp³-hybridized carbons (Fsp3) is 0.909. The fourth-order valence-corrected chi connectivity index (χ4v) is 3.16. The first kappa shape index (κ1) is 15.4. The van der Waals surface area contributed by atoms with Crippen LogP contribution in [0.25, 0.3) is 0 Å². The molecule has 1 fully saturated rings. The second-order valence-electron chi connectivity index (χ2n) is 5.87. The summed E-state index contributed by atoms with van der Waals surface area (Å²) < 4.78 is 27.0. The molecule has 0 aromatic carbocycles. The number of nitrogens with zero attached hydrogens (tertiary/aromatic N) is 1. The molecule has 1 saturated heterocycles. The van der Waals surface area contributed by atoms with Gasteiger partial charge in [0.2, 0.25) is 0 Å². The lowest BCUT2D eigenvalue weighted by Crippen LogP contribution is -2.66. The summed E-state index contributed by atoms with van der Waals surface area (Å²) in [7, 11) is -3.47. The van der Waals surface area contributed by atoms with Crippen LogP contribution in [0.3, 0.4) is 0 Å². The van der Waals surface area contributed by atoms with Gasteiger partial charge in [-0.25, -0.2) is 4.48 Å². The standard InChI is InChI=1S/C11H21NO5S/c1-11(2,3)12(10(13)14)7-5-9(6-8-12)17-18(4,15)16/h9H,5-8H2,1-4H3/p+1. The Balaban J connectivity index is 2.80. The Morgan fingerprint density at radius 1 is 1.28 bits per heavy atom. The number of likely N-dealkylation sites (tertiary alicyclic amines) is 1. The number of rotatable bonds is 2. The molecule has 1 aliphatic rings. The highest BCUT2D eigenvalue weighted by Gasteiger charge is 2.50. The predicted molar refractivity (Wildman–Crippen MR) is 66.7 cm³/mol. The lowest BCUT2D eigenvalue weighted by molar-refractivity contribution is -0.908. The van der Waals surface area contributed by atoms with Gasteiger partial charge in [0, 0.05) is 12.8 Å². The molecule has 7 heteroatoms. The van der Waals surface area contributed by atoms with Crippen molar-refractivity contribution in [1.82, 2.24) is 0 Å². The van der Waals surface area contributed by atoms with E-state index >= 15 is 0 Å². The summed E-state index contributed by atoms with van der Waals surface area (Å²) in [5.74, 6) is 0. The Bertz CT molecular complexity index is 415. The molecule has 0 aromatic heterocycles. The van der Waals surface area contributed by atoms with Crippen LogP contribution in [-0.2, 0) is 14.3 Å². The molecule has 0 aromatic rings. The van der Waals surface area contributed by atoms with E-state index in [-0.39, 0.29) is 4.48 Å². The molecule has 6 nitrogen and oxygen atoms in total. The van der Waals surface area contributed by atoms with Gasteiger partial charge in [0.1, 0.15) is 5.54 Å². The molecule has 18 heavy (non-hydrogen) atoms. The number of quaternary nitrogens is 1. The Morgan fingerprint density at radius 2 is 1.72 bits per heavy atom. The highest BCUT2D eigenvalue weighted by atomic mass is 32.2. The summed E-state index contributed by atoms with van der Waals surface area (Å²) in [5, 5.41) is 9.46. The van der Waals surface area contributed by atoms with E-state index < -0.39 is 27.9 Å². The number of carbonyl (C=O) groups is 1. The Kier molecular flexibility index (Phi) is 4.10. The number of hydrogen-bond acceptors (Lipinski definition) is 4. The number of piperidine rings is 1. The van der Waals surface area contributed by atoms with Gasteiger partial charge in [0.25, 0.3) is 10.1 Å². The summed E-state index contributed by atoms with van der Waals surface area (Å²) in [5.41, 5.74) is -0.415. The van der Waals surface area contributed by atoms with Crippen molar-refractivity contribution >= 4 is 16.2 Å². The van der Waals surface area contributed by atoms with Gasteiger partial charge < -0.3 is 5.11 Å². The molecule has 0 aliphatic carbocycles. The van der Waals surface area contributed by atoms with Crippen molar-refractivity contribution in [1.29, 1.82) is 0 Å². The zero-order valence-corrected chi connectivity index (χ0v) is 12.2. The van der Waals surface area contributed by atoms with Gasteiger partial charge in [-0.1, -0.05) is 0 Å². The van der Waals surface area contributed by atoms with Crippen LogP contribution in [-0.4, -0.2) is 55.1 Å².